The quantitative estimate of drug-likeness (QED) is 0.505. The van der Waals surface area contributed by atoms with Crippen molar-refractivity contribution in [2.75, 3.05) is 13.2 Å². The fourth-order valence-corrected chi connectivity index (χ4v) is 10.8. The molecule has 0 bridgehead atoms. The first-order chi connectivity index (χ1) is 14.5. The average Bonchev–Trinajstić information content (AvgIpc) is 3.47. The fraction of sp³-hybridized carbons (Fsp3) is 0.833. The Hall–Kier alpha value is -1.72. The highest BCUT2D eigenvalue weighted by molar-refractivity contribution is 6.01. The molecule has 0 aliphatic heterocycles. The topological polar surface area (TPSA) is 86.7 Å². The number of esters is 2. The third-order valence-electron chi connectivity index (χ3n) is 10.7. The van der Waals surface area contributed by atoms with Gasteiger partial charge in [0, 0.05) is 29.6 Å². The van der Waals surface area contributed by atoms with Gasteiger partial charge in [0.05, 0.1) is 13.2 Å². The highest BCUT2D eigenvalue weighted by Crippen LogP contribution is 2.84. The third-order valence-corrected chi connectivity index (χ3v) is 10.7. The van der Waals surface area contributed by atoms with Crippen LogP contribution in [0.15, 0.2) is 0 Å². The maximum absolute atomic E-state index is 13.8. The van der Waals surface area contributed by atoms with Crippen LogP contribution in [-0.4, -0.2) is 36.7 Å². The molecule has 0 amide bonds. The van der Waals surface area contributed by atoms with E-state index in [0.717, 1.165) is 12.8 Å². The smallest absolute Gasteiger partial charge is 0.320 e. The van der Waals surface area contributed by atoms with E-state index >= 15 is 0 Å². The van der Waals surface area contributed by atoms with Gasteiger partial charge in [-0.3, -0.25) is 19.2 Å². The summed E-state index contributed by atoms with van der Waals surface area (Å²) < 4.78 is 10.6. The van der Waals surface area contributed by atoms with Crippen LogP contribution >= 0.6 is 0 Å². The maximum atomic E-state index is 13.8. The van der Waals surface area contributed by atoms with E-state index in [9.17, 15) is 19.2 Å². The van der Waals surface area contributed by atoms with Gasteiger partial charge >= 0.3 is 11.9 Å². The molecule has 0 N–H and O–H groups in total. The Morgan fingerprint density at radius 2 is 1.17 bits per heavy atom. The van der Waals surface area contributed by atoms with Crippen LogP contribution in [0, 0.1) is 82.9 Å². The Morgan fingerprint density at radius 1 is 0.733 bits per heavy atom. The van der Waals surface area contributed by atoms with E-state index in [1.807, 2.05) is 0 Å². The number of hydrogen-bond acceptors (Lipinski definition) is 6. The van der Waals surface area contributed by atoms with Gasteiger partial charge in [0.15, 0.2) is 5.92 Å². The second kappa shape index (κ2) is 5.55. The molecule has 3 unspecified atom stereocenters. The van der Waals surface area contributed by atoms with E-state index in [4.69, 9.17) is 9.47 Å². The van der Waals surface area contributed by atoms with Crippen molar-refractivity contribution in [2.45, 2.75) is 26.7 Å². The molecule has 7 fully saturated rings. The average molecular weight is 412 g/mol. The summed E-state index contributed by atoms with van der Waals surface area (Å²) in [6.45, 7) is 3.75. The van der Waals surface area contributed by atoms with E-state index < -0.39 is 23.8 Å². The molecule has 7 aliphatic carbocycles. The molecule has 0 radical (unpaired) electrons. The van der Waals surface area contributed by atoms with E-state index in [0.29, 0.717) is 35.5 Å². The zero-order chi connectivity index (χ0) is 20.6. The summed E-state index contributed by atoms with van der Waals surface area (Å²) in [5, 5.41) is 0. The summed E-state index contributed by atoms with van der Waals surface area (Å²) in [7, 11) is 0. The van der Waals surface area contributed by atoms with Gasteiger partial charge < -0.3 is 9.47 Å². The van der Waals surface area contributed by atoms with Crippen LogP contribution in [0.4, 0.5) is 0 Å². The largest absolute Gasteiger partial charge is 0.465 e. The van der Waals surface area contributed by atoms with Crippen LogP contribution in [0.5, 0.6) is 0 Å². The Kier molecular flexibility index (Phi) is 3.31. The number of Topliss-reactive ketones (excluding diaryl/α,β-unsaturated/α-hetero) is 2. The molecule has 30 heavy (non-hydrogen) atoms. The van der Waals surface area contributed by atoms with Gasteiger partial charge in [-0.1, -0.05) is 0 Å². The van der Waals surface area contributed by atoms with Gasteiger partial charge in [-0.2, -0.15) is 0 Å². The first-order valence-electron chi connectivity index (χ1n) is 11.9. The SMILES string of the molecule is CCOC(=O)C(C(=O)OCC)C1[C@H]2C(=O)[C@H]3[C@H]4C5C6[C@H](CC[C@@H]63)[C@@H]3C(=O)[C@@H]1[C@@H]([C@H]53)[C@H]42. The molecule has 0 aromatic carbocycles. The number of ketones is 2. The number of hydrogen-bond donors (Lipinski definition) is 0. The van der Waals surface area contributed by atoms with E-state index in [-0.39, 0.29) is 60.3 Å². The summed E-state index contributed by atoms with van der Waals surface area (Å²) in [6.07, 6.45) is 2.15. The monoisotopic (exact) mass is 412 g/mol. The van der Waals surface area contributed by atoms with Gasteiger partial charge in [-0.25, -0.2) is 0 Å². The number of rotatable bonds is 5. The van der Waals surface area contributed by atoms with Crippen molar-refractivity contribution >= 4 is 23.5 Å². The van der Waals surface area contributed by atoms with Gasteiger partial charge in [0.2, 0.25) is 0 Å². The molecule has 0 heterocycles. The first kappa shape index (κ1) is 17.9. The van der Waals surface area contributed by atoms with Crippen molar-refractivity contribution in [3.8, 4) is 0 Å². The minimum atomic E-state index is -1.15. The van der Waals surface area contributed by atoms with Gasteiger partial charge in [0.1, 0.15) is 11.6 Å². The summed E-state index contributed by atoms with van der Waals surface area (Å²) in [6, 6.07) is 0. The molecule has 0 aromatic heterocycles. The van der Waals surface area contributed by atoms with Crippen LogP contribution in [-0.2, 0) is 28.7 Å². The zero-order valence-electron chi connectivity index (χ0n) is 17.4. The van der Waals surface area contributed by atoms with Crippen LogP contribution < -0.4 is 0 Å². The lowest BCUT2D eigenvalue weighted by Gasteiger charge is -2.31. The van der Waals surface area contributed by atoms with Crippen molar-refractivity contribution in [1.82, 2.24) is 0 Å². The second-order valence-electron chi connectivity index (χ2n) is 10.8. The molecule has 7 rings (SSSR count). The van der Waals surface area contributed by atoms with Crippen molar-refractivity contribution in [3.05, 3.63) is 0 Å². The molecule has 0 spiro atoms. The lowest BCUT2D eigenvalue weighted by Crippen LogP contribution is -2.44. The predicted octanol–water partition coefficient (Wildman–Crippen LogP) is 1.75. The van der Waals surface area contributed by atoms with Crippen LogP contribution in [0.3, 0.4) is 0 Å². The van der Waals surface area contributed by atoms with Crippen LogP contribution in [0.25, 0.3) is 0 Å². The summed E-state index contributed by atoms with van der Waals surface area (Å²) >= 11 is 0. The molecule has 13 atom stereocenters. The second-order valence-corrected chi connectivity index (χ2v) is 10.8. The third kappa shape index (κ3) is 1.64. The zero-order valence-corrected chi connectivity index (χ0v) is 17.4. The maximum Gasteiger partial charge on any atom is 0.320 e. The fourth-order valence-electron chi connectivity index (χ4n) is 10.8. The number of carbonyl (C=O) groups excluding carboxylic acids is 4. The molecular formula is C24H28O6. The molecule has 6 heteroatoms. The van der Waals surface area contributed by atoms with E-state index in [1.54, 1.807) is 13.8 Å². The molecule has 160 valence electrons. The Morgan fingerprint density at radius 3 is 1.60 bits per heavy atom. The summed E-state index contributed by atoms with van der Waals surface area (Å²) in [5.74, 6) is 0.262. The molecular weight excluding hydrogens is 384 g/mol. The number of carbonyl (C=O) groups is 4. The predicted molar refractivity (Wildman–Crippen MR) is 101 cm³/mol. The Labute approximate surface area is 175 Å². The summed E-state index contributed by atoms with van der Waals surface area (Å²) in [4.78, 5) is 53.6. The Bertz CT molecular complexity index is 826. The molecule has 0 saturated heterocycles. The van der Waals surface area contributed by atoms with Crippen molar-refractivity contribution < 1.29 is 28.7 Å². The Balaban J connectivity index is 1.39. The van der Waals surface area contributed by atoms with E-state index in [2.05, 4.69) is 0 Å². The standard InChI is InChI=1S/C24H28O6/c1-3-29-23(27)20(24(28)30-4-2)17-18-15-13-10(21(18)25)7-5-6-8-9(7)12(13)14-11(8)22(26)19(17)16(14)15/h7-20H,3-6H2,1-2H3/t7-,8-,9?,10-,11+,12?,13-,14-,15-,16-,17?,18+,19-/m0/s1. The van der Waals surface area contributed by atoms with Crippen LogP contribution in [0.1, 0.15) is 26.7 Å². The highest BCUT2D eigenvalue weighted by Gasteiger charge is 2.86. The normalized spacial score (nSPS) is 54.7. The molecule has 0 aromatic rings. The minimum absolute atomic E-state index is 0.107. The first-order valence-corrected chi connectivity index (χ1v) is 11.9. The van der Waals surface area contributed by atoms with Crippen LogP contribution in [0.2, 0.25) is 0 Å². The summed E-state index contributed by atoms with van der Waals surface area (Å²) in [5.41, 5.74) is 0. The van der Waals surface area contributed by atoms with Gasteiger partial charge in [-0.15, -0.1) is 0 Å². The molecule has 7 saturated carbocycles. The lowest BCUT2D eigenvalue weighted by molar-refractivity contribution is -0.166. The van der Waals surface area contributed by atoms with Gasteiger partial charge in [0.25, 0.3) is 0 Å². The minimum Gasteiger partial charge on any atom is -0.465 e. The van der Waals surface area contributed by atoms with Crippen molar-refractivity contribution in [2.24, 2.45) is 82.9 Å². The van der Waals surface area contributed by atoms with Crippen molar-refractivity contribution in [3.63, 3.8) is 0 Å². The van der Waals surface area contributed by atoms with Crippen molar-refractivity contribution in [1.29, 1.82) is 0 Å². The van der Waals surface area contributed by atoms with E-state index in [1.165, 1.54) is 0 Å². The highest BCUT2D eigenvalue weighted by atomic mass is 16.6. The number of fused-ring (bicyclic) bond motifs is 2. The molecule has 7 aliphatic rings. The lowest BCUT2D eigenvalue weighted by atomic mass is 9.71. The number of ether oxygens (including phenoxy) is 2. The van der Waals surface area contributed by atoms with Gasteiger partial charge in [-0.05, 0) is 74.0 Å². The molecule has 6 nitrogen and oxygen atoms in total.